The molecular formula is C27H28N4OS. The molecule has 2 aromatic heterocycles. The molecule has 33 heavy (non-hydrogen) atoms. The summed E-state index contributed by atoms with van der Waals surface area (Å²) in [6, 6.07) is 18.6. The first-order valence-corrected chi connectivity index (χ1v) is 12.2. The number of carbonyl (C=O) groups excluding carboxylic acids is 1. The van der Waals surface area contributed by atoms with Crippen molar-refractivity contribution in [3.05, 3.63) is 93.4 Å². The van der Waals surface area contributed by atoms with E-state index < -0.39 is 0 Å². The van der Waals surface area contributed by atoms with Gasteiger partial charge in [0.2, 0.25) is 0 Å². The number of nitrogens with one attached hydrogen (secondary N) is 1. The molecule has 168 valence electrons. The average Bonchev–Trinajstić information content (AvgIpc) is 3.52. The SMILES string of the molecule is CC(C)c1n[nH]c2c1C(c1ccccc1CN(C)C)N(c1ccc(-c3ccsc3)cc1)C2=O. The molecule has 4 aromatic rings. The fraction of sp³-hybridized carbons (Fsp3) is 0.259. The van der Waals surface area contributed by atoms with Crippen LogP contribution in [0.4, 0.5) is 5.69 Å². The number of benzene rings is 2. The van der Waals surface area contributed by atoms with Crippen LogP contribution in [0.15, 0.2) is 65.4 Å². The highest BCUT2D eigenvalue weighted by Gasteiger charge is 2.43. The van der Waals surface area contributed by atoms with E-state index in [4.69, 9.17) is 0 Å². The van der Waals surface area contributed by atoms with E-state index in [1.54, 1.807) is 11.3 Å². The van der Waals surface area contributed by atoms with Gasteiger partial charge in [0, 0.05) is 17.8 Å². The van der Waals surface area contributed by atoms with Gasteiger partial charge in [-0.15, -0.1) is 0 Å². The number of carbonyl (C=O) groups is 1. The second kappa shape index (κ2) is 8.61. The number of amides is 1. The predicted octanol–water partition coefficient (Wildman–Crippen LogP) is 6.07. The van der Waals surface area contributed by atoms with E-state index in [-0.39, 0.29) is 17.9 Å². The van der Waals surface area contributed by atoms with E-state index in [9.17, 15) is 4.79 Å². The molecule has 3 heterocycles. The Hall–Kier alpha value is -3.22. The molecule has 1 N–H and O–H groups in total. The Morgan fingerprint density at radius 2 is 1.82 bits per heavy atom. The van der Waals surface area contributed by atoms with Crippen LogP contribution in [-0.4, -0.2) is 35.1 Å². The van der Waals surface area contributed by atoms with Gasteiger partial charge >= 0.3 is 0 Å². The fourth-order valence-corrected chi connectivity index (χ4v) is 5.37. The third kappa shape index (κ3) is 3.79. The second-order valence-electron chi connectivity index (χ2n) is 9.13. The third-order valence-corrected chi connectivity index (χ3v) is 6.86. The quantitative estimate of drug-likeness (QED) is 0.383. The zero-order chi connectivity index (χ0) is 23.1. The summed E-state index contributed by atoms with van der Waals surface area (Å²) in [5.41, 5.74) is 8.16. The van der Waals surface area contributed by atoms with Crippen LogP contribution >= 0.6 is 11.3 Å². The van der Waals surface area contributed by atoms with Gasteiger partial charge in [-0.25, -0.2) is 0 Å². The summed E-state index contributed by atoms with van der Waals surface area (Å²) < 4.78 is 0. The number of hydrogen-bond acceptors (Lipinski definition) is 4. The van der Waals surface area contributed by atoms with E-state index in [0.29, 0.717) is 5.69 Å². The molecule has 1 atom stereocenters. The fourth-order valence-electron chi connectivity index (χ4n) is 4.70. The number of aromatic amines is 1. The van der Waals surface area contributed by atoms with Crippen LogP contribution in [0.2, 0.25) is 0 Å². The van der Waals surface area contributed by atoms with E-state index in [1.807, 2.05) is 4.90 Å². The first kappa shape index (κ1) is 21.6. The largest absolute Gasteiger partial charge is 0.305 e. The Morgan fingerprint density at radius 3 is 2.48 bits per heavy atom. The smallest absolute Gasteiger partial charge is 0.277 e. The maximum Gasteiger partial charge on any atom is 0.277 e. The molecule has 2 aromatic carbocycles. The first-order chi connectivity index (χ1) is 16.0. The average molecular weight is 457 g/mol. The minimum Gasteiger partial charge on any atom is -0.305 e. The molecular weight excluding hydrogens is 428 g/mol. The van der Waals surface area contributed by atoms with Gasteiger partial charge in [0.25, 0.3) is 5.91 Å². The number of aromatic nitrogens is 2. The maximum absolute atomic E-state index is 13.7. The topological polar surface area (TPSA) is 52.2 Å². The molecule has 0 aliphatic carbocycles. The molecule has 5 rings (SSSR count). The van der Waals surface area contributed by atoms with Crippen molar-refractivity contribution in [3.8, 4) is 11.1 Å². The number of hydrogen-bond donors (Lipinski definition) is 1. The lowest BCUT2D eigenvalue weighted by Crippen LogP contribution is -2.30. The highest BCUT2D eigenvalue weighted by atomic mass is 32.1. The van der Waals surface area contributed by atoms with Crippen molar-refractivity contribution < 1.29 is 4.79 Å². The molecule has 0 radical (unpaired) electrons. The highest BCUT2D eigenvalue weighted by molar-refractivity contribution is 7.08. The molecule has 1 aliphatic heterocycles. The summed E-state index contributed by atoms with van der Waals surface area (Å²) in [4.78, 5) is 17.8. The molecule has 1 unspecified atom stereocenters. The van der Waals surface area contributed by atoms with Gasteiger partial charge in [-0.1, -0.05) is 50.2 Å². The standard InChI is InChI=1S/C27H28N4OS/c1-17(2)24-23-25(29-28-24)27(32)31(21-11-9-18(10-12-21)20-13-14-33-16-20)26(23)22-8-6-5-7-19(22)15-30(3)4/h5-14,16-17,26H,15H2,1-4H3,(H,28,29). The summed E-state index contributed by atoms with van der Waals surface area (Å²) >= 11 is 1.69. The van der Waals surface area contributed by atoms with E-state index in [0.717, 1.165) is 34.6 Å². The van der Waals surface area contributed by atoms with Crippen LogP contribution in [0.25, 0.3) is 11.1 Å². The van der Waals surface area contributed by atoms with Crippen LogP contribution in [0, 0.1) is 0 Å². The third-order valence-electron chi connectivity index (χ3n) is 6.18. The van der Waals surface area contributed by atoms with Gasteiger partial charge in [0.1, 0.15) is 5.69 Å². The van der Waals surface area contributed by atoms with Crippen molar-refractivity contribution in [3.63, 3.8) is 0 Å². The summed E-state index contributed by atoms with van der Waals surface area (Å²) in [5, 5.41) is 11.8. The zero-order valence-electron chi connectivity index (χ0n) is 19.4. The predicted molar refractivity (Wildman–Crippen MR) is 135 cm³/mol. The van der Waals surface area contributed by atoms with Crippen LogP contribution in [0.5, 0.6) is 0 Å². The van der Waals surface area contributed by atoms with Crippen molar-refractivity contribution in [1.82, 2.24) is 15.1 Å². The molecule has 6 heteroatoms. The molecule has 0 fully saturated rings. The van der Waals surface area contributed by atoms with Crippen molar-refractivity contribution >= 4 is 22.9 Å². The normalized spacial score (nSPS) is 15.6. The molecule has 5 nitrogen and oxygen atoms in total. The van der Waals surface area contributed by atoms with E-state index in [1.165, 1.54) is 11.1 Å². The second-order valence-corrected chi connectivity index (χ2v) is 9.91. The van der Waals surface area contributed by atoms with Gasteiger partial charge in [-0.05, 0) is 71.2 Å². The lowest BCUT2D eigenvalue weighted by atomic mass is 9.91. The number of fused-ring (bicyclic) bond motifs is 1. The highest BCUT2D eigenvalue weighted by Crippen LogP contribution is 2.45. The Kier molecular flexibility index (Phi) is 5.64. The number of H-pyrrole nitrogens is 1. The first-order valence-electron chi connectivity index (χ1n) is 11.2. The van der Waals surface area contributed by atoms with Gasteiger partial charge in [0.15, 0.2) is 0 Å². The molecule has 0 spiro atoms. The summed E-state index contributed by atoms with van der Waals surface area (Å²) in [6.45, 7) is 5.06. The van der Waals surface area contributed by atoms with E-state index in [2.05, 4.69) is 108 Å². The summed E-state index contributed by atoms with van der Waals surface area (Å²) in [6.07, 6.45) is 0. The van der Waals surface area contributed by atoms with Gasteiger partial charge in [0.05, 0.1) is 11.7 Å². The summed E-state index contributed by atoms with van der Waals surface area (Å²) in [7, 11) is 4.14. The molecule has 0 bridgehead atoms. The lowest BCUT2D eigenvalue weighted by molar-refractivity contribution is 0.0988. The van der Waals surface area contributed by atoms with Crippen LogP contribution in [0.3, 0.4) is 0 Å². The van der Waals surface area contributed by atoms with E-state index >= 15 is 0 Å². The Bertz CT molecular complexity index is 1270. The Labute approximate surface area is 198 Å². The van der Waals surface area contributed by atoms with Gasteiger partial charge < -0.3 is 4.90 Å². The zero-order valence-corrected chi connectivity index (χ0v) is 20.2. The molecule has 1 aliphatic rings. The van der Waals surface area contributed by atoms with Gasteiger partial charge in [-0.3, -0.25) is 14.8 Å². The summed E-state index contributed by atoms with van der Waals surface area (Å²) in [5.74, 6) is 0.180. The van der Waals surface area contributed by atoms with Crippen molar-refractivity contribution in [2.45, 2.75) is 32.4 Å². The number of rotatable bonds is 6. The van der Waals surface area contributed by atoms with Crippen molar-refractivity contribution in [2.75, 3.05) is 19.0 Å². The Balaban J connectivity index is 1.65. The van der Waals surface area contributed by atoms with Crippen molar-refractivity contribution in [1.29, 1.82) is 0 Å². The molecule has 1 amide bonds. The molecule has 0 saturated carbocycles. The van der Waals surface area contributed by atoms with Crippen molar-refractivity contribution in [2.24, 2.45) is 0 Å². The minimum absolute atomic E-state index is 0.0302. The Morgan fingerprint density at radius 1 is 1.06 bits per heavy atom. The van der Waals surface area contributed by atoms with Crippen LogP contribution in [0.1, 0.15) is 58.7 Å². The van der Waals surface area contributed by atoms with Gasteiger partial charge in [-0.2, -0.15) is 16.4 Å². The van der Waals surface area contributed by atoms with Crippen LogP contribution in [-0.2, 0) is 6.54 Å². The lowest BCUT2D eigenvalue weighted by Gasteiger charge is -2.29. The number of anilines is 1. The monoisotopic (exact) mass is 456 g/mol. The van der Waals surface area contributed by atoms with Crippen LogP contribution < -0.4 is 4.90 Å². The molecule has 0 saturated heterocycles. The maximum atomic E-state index is 13.7. The minimum atomic E-state index is -0.216. The number of nitrogens with zero attached hydrogens (tertiary/aromatic N) is 3. The number of thiophene rings is 1.